The second-order valence-electron chi connectivity index (χ2n) is 5.77. The molecule has 1 heterocycles. The van der Waals surface area contributed by atoms with E-state index in [1.165, 1.54) is 6.07 Å². The lowest BCUT2D eigenvalue weighted by Gasteiger charge is -2.38. The molecule has 1 amide bonds. The minimum absolute atomic E-state index is 0.190. The number of rotatable bonds is 2. The van der Waals surface area contributed by atoms with Crippen molar-refractivity contribution in [3.05, 3.63) is 94.8 Å². The van der Waals surface area contributed by atoms with Crippen LogP contribution in [0.2, 0.25) is 5.02 Å². The average molecular weight is 353 g/mol. The number of amides is 1. The van der Waals surface area contributed by atoms with Crippen LogP contribution in [0, 0.1) is 5.82 Å². The van der Waals surface area contributed by atoms with Gasteiger partial charge in [-0.2, -0.15) is 0 Å². The van der Waals surface area contributed by atoms with E-state index >= 15 is 0 Å². The van der Waals surface area contributed by atoms with Gasteiger partial charge in [0.25, 0.3) is 5.91 Å². The van der Waals surface area contributed by atoms with Crippen molar-refractivity contribution < 1.29 is 9.18 Å². The number of hydrogen-bond acceptors (Lipinski definition) is 2. The van der Waals surface area contributed by atoms with Crippen LogP contribution in [0.1, 0.15) is 22.1 Å². The summed E-state index contributed by atoms with van der Waals surface area (Å²) in [7, 11) is 0. The quantitative estimate of drug-likeness (QED) is 0.683. The number of carbonyl (C=O) groups is 1. The molecule has 0 spiro atoms. The maximum absolute atomic E-state index is 14.4. The van der Waals surface area contributed by atoms with Crippen LogP contribution in [-0.2, 0) is 0 Å². The van der Waals surface area contributed by atoms with Crippen LogP contribution in [0.4, 0.5) is 15.8 Å². The highest BCUT2D eigenvalue weighted by atomic mass is 35.5. The third-order valence-corrected chi connectivity index (χ3v) is 4.48. The molecule has 0 fully saturated rings. The van der Waals surface area contributed by atoms with E-state index in [0.717, 1.165) is 0 Å². The Morgan fingerprint density at radius 1 is 0.920 bits per heavy atom. The summed E-state index contributed by atoms with van der Waals surface area (Å²) in [5, 5.41) is 3.85. The molecule has 0 saturated carbocycles. The first-order chi connectivity index (χ1) is 12.1. The summed E-state index contributed by atoms with van der Waals surface area (Å²) < 4.78 is 14.4. The largest absolute Gasteiger partial charge is 0.360 e. The van der Waals surface area contributed by atoms with Crippen molar-refractivity contribution >= 4 is 28.9 Å². The van der Waals surface area contributed by atoms with E-state index in [1.807, 2.05) is 18.2 Å². The number of fused-ring (bicyclic) bond motifs is 1. The Labute approximate surface area is 149 Å². The fourth-order valence-electron chi connectivity index (χ4n) is 3.04. The van der Waals surface area contributed by atoms with E-state index in [2.05, 4.69) is 5.32 Å². The number of nitrogens with one attached hydrogen (secondary N) is 1. The maximum Gasteiger partial charge on any atom is 0.262 e. The highest BCUT2D eigenvalue weighted by Gasteiger charge is 2.35. The van der Waals surface area contributed by atoms with Crippen LogP contribution in [-0.4, -0.2) is 5.91 Å². The van der Waals surface area contributed by atoms with Gasteiger partial charge >= 0.3 is 0 Å². The summed E-state index contributed by atoms with van der Waals surface area (Å²) in [6, 6.07) is 20.6. The molecule has 0 saturated heterocycles. The van der Waals surface area contributed by atoms with Crippen molar-refractivity contribution in [3.8, 4) is 0 Å². The Morgan fingerprint density at radius 3 is 2.36 bits per heavy atom. The topological polar surface area (TPSA) is 32.3 Å². The predicted octanol–water partition coefficient (Wildman–Crippen LogP) is 5.25. The maximum atomic E-state index is 14.4. The molecular formula is C20H14ClFN2O. The summed E-state index contributed by atoms with van der Waals surface area (Å²) in [5.41, 5.74) is 2.28. The minimum atomic E-state index is -0.648. The normalized spacial score (nSPS) is 16.3. The highest BCUT2D eigenvalue weighted by Crippen LogP contribution is 2.37. The molecule has 4 rings (SSSR count). The number of benzene rings is 3. The third-order valence-electron chi connectivity index (χ3n) is 4.23. The van der Waals surface area contributed by atoms with Gasteiger partial charge in [-0.25, -0.2) is 4.39 Å². The van der Waals surface area contributed by atoms with Gasteiger partial charge in [0.15, 0.2) is 0 Å². The molecule has 1 aliphatic rings. The monoisotopic (exact) mass is 352 g/mol. The Hall–Kier alpha value is -2.85. The molecule has 0 unspecified atom stereocenters. The molecule has 1 aliphatic heterocycles. The van der Waals surface area contributed by atoms with Crippen LogP contribution in [0.25, 0.3) is 0 Å². The Morgan fingerprint density at radius 2 is 1.60 bits per heavy atom. The fourth-order valence-corrected chi connectivity index (χ4v) is 3.16. The van der Waals surface area contributed by atoms with Gasteiger partial charge in [-0.15, -0.1) is 0 Å². The second-order valence-corrected chi connectivity index (χ2v) is 6.20. The number of para-hydroxylation sites is 1. The van der Waals surface area contributed by atoms with Crippen molar-refractivity contribution in [2.75, 3.05) is 10.2 Å². The second kappa shape index (κ2) is 6.22. The molecule has 3 aromatic rings. The molecule has 5 heteroatoms. The molecule has 124 valence electrons. The molecule has 0 aromatic heterocycles. The molecule has 25 heavy (non-hydrogen) atoms. The lowest BCUT2D eigenvalue weighted by Crippen LogP contribution is -2.43. The first-order valence-electron chi connectivity index (χ1n) is 7.84. The predicted molar refractivity (Wildman–Crippen MR) is 97.5 cm³/mol. The van der Waals surface area contributed by atoms with Gasteiger partial charge in [-0.3, -0.25) is 9.69 Å². The lowest BCUT2D eigenvalue weighted by molar-refractivity contribution is 0.0974. The van der Waals surface area contributed by atoms with Crippen LogP contribution >= 0.6 is 11.6 Å². The van der Waals surface area contributed by atoms with E-state index in [1.54, 1.807) is 53.4 Å². The van der Waals surface area contributed by atoms with E-state index in [0.29, 0.717) is 27.5 Å². The summed E-state index contributed by atoms with van der Waals surface area (Å²) in [6.07, 6.45) is -0.648. The zero-order chi connectivity index (χ0) is 17.4. The van der Waals surface area contributed by atoms with Crippen molar-refractivity contribution in [2.45, 2.75) is 6.17 Å². The zero-order valence-electron chi connectivity index (χ0n) is 13.1. The SMILES string of the molecule is O=C1c2ccccc2N[C@@H](c2ccccc2F)N1c1ccc(Cl)cc1. The Kier molecular flexibility index (Phi) is 3.90. The van der Waals surface area contributed by atoms with E-state index < -0.39 is 6.17 Å². The van der Waals surface area contributed by atoms with Gasteiger partial charge in [0.05, 0.1) is 5.56 Å². The summed E-state index contributed by atoms with van der Waals surface area (Å²) in [4.78, 5) is 14.7. The summed E-state index contributed by atoms with van der Waals surface area (Å²) >= 11 is 5.97. The average Bonchev–Trinajstić information content (AvgIpc) is 2.63. The van der Waals surface area contributed by atoms with Crippen molar-refractivity contribution in [1.29, 1.82) is 0 Å². The summed E-state index contributed by atoms with van der Waals surface area (Å²) in [5.74, 6) is -0.559. The number of carbonyl (C=O) groups excluding carboxylic acids is 1. The van der Waals surface area contributed by atoms with Crippen LogP contribution in [0.5, 0.6) is 0 Å². The van der Waals surface area contributed by atoms with Gasteiger partial charge < -0.3 is 5.32 Å². The smallest absolute Gasteiger partial charge is 0.262 e. The first-order valence-corrected chi connectivity index (χ1v) is 8.22. The van der Waals surface area contributed by atoms with Gasteiger partial charge in [0.1, 0.15) is 12.0 Å². The van der Waals surface area contributed by atoms with E-state index in [-0.39, 0.29) is 11.7 Å². The van der Waals surface area contributed by atoms with Crippen LogP contribution in [0.15, 0.2) is 72.8 Å². The van der Waals surface area contributed by atoms with Gasteiger partial charge in [-0.1, -0.05) is 41.9 Å². The van der Waals surface area contributed by atoms with Crippen LogP contribution < -0.4 is 10.2 Å². The third kappa shape index (κ3) is 2.75. The van der Waals surface area contributed by atoms with Gasteiger partial charge in [0, 0.05) is 22.0 Å². The molecule has 0 bridgehead atoms. The van der Waals surface area contributed by atoms with Crippen molar-refractivity contribution in [1.82, 2.24) is 0 Å². The first kappa shape index (κ1) is 15.7. The van der Waals surface area contributed by atoms with Gasteiger partial charge in [0.2, 0.25) is 0 Å². The Bertz CT molecular complexity index is 942. The minimum Gasteiger partial charge on any atom is -0.360 e. The number of halogens is 2. The molecular weight excluding hydrogens is 339 g/mol. The summed E-state index contributed by atoms with van der Waals surface area (Å²) in [6.45, 7) is 0. The van der Waals surface area contributed by atoms with Crippen molar-refractivity contribution in [2.24, 2.45) is 0 Å². The van der Waals surface area contributed by atoms with Gasteiger partial charge in [-0.05, 0) is 42.5 Å². The molecule has 3 nitrogen and oxygen atoms in total. The number of nitrogens with zero attached hydrogens (tertiary/aromatic N) is 1. The van der Waals surface area contributed by atoms with E-state index in [9.17, 15) is 9.18 Å². The molecule has 0 radical (unpaired) electrons. The number of hydrogen-bond donors (Lipinski definition) is 1. The molecule has 1 atom stereocenters. The highest BCUT2D eigenvalue weighted by molar-refractivity contribution is 6.30. The zero-order valence-corrected chi connectivity index (χ0v) is 13.9. The molecule has 3 aromatic carbocycles. The standard InChI is InChI=1S/C20H14ClFN2O/c21-13-9-11-14(12-10-13)24-19(15-5-1-3-7-17(15)22)23-18-8-4-2-6-16(18)20(24)25/h1-12,19,23H/t19-/m1/s1. The fraction of sp³-hybridized carbons (Fsp3) is 0.0500. The molecule has 1 N–H and O–H groups in total. The lowest BCUT2D eigenvalue weighted by atomic mass is 10.0. The molecule has 0 aliphatic carbocycles. The Balaban J connectivity index is 1.89. The van der Waals surface area contributed by atoms with Crippen LogP contribution in [0.3, 0.4) is 0 Å². The van der Waals surface area contributed by atoms with Crippen molar-refractivity contribution in [3.63, 3.8) is 0 Å². The van der Waals surface area contributed by atoms with E-state index in [4.69, 9.17) is 11.6 Å². The number of anilines is 2.